The smallest absolute Gasteiger partial charge is 0.152 e. The summed E-state index contributed by atoms with van der Waals surface area (Å²) in [5, 5.41) is 5.20. The van der Waals surface area contributed by atoms with Gasteiger partial charge in [0.2, 0.25) is 0 Å². The summed E-state index contributed by atoms with van der Waals surface area (Å²) in [5.41, 5.74) is 0.802. The van der Waals surface area contributed by atoms with Crippen molar-refractivity contribution in [3.05, 3.63) is 35.0 Å². The second kappa shape index (κ2) is 7.14. The quantitative estimate of drug-likeness (QED) is 0.722. The molecule has 2 aromatic rings. The molecule has 0 aliphatic rings. The van der Waals surface area contributed by atoms with Crippen LogP contribution in [0.3, 0.4) is 0 Å². The number of hydrogen-bond acceptors (Lipinski definition) is 2. The molecule has 1 heterocycles. The van der Waals surface area contributed by atoms with Gasteiger partial charge in [0, 0.05) is 5.39 Å². The Balaban J connectivity index is 2.34. The van der Waals surface area contributed by atoms with Gasteiger partial charge in [-0.1, -0.05) is 50.4 Å². The van der Waals surface area contributed by atoms with Crippen molar-refractivity contribution in [2.45, 2.75) is 45.6 Å². The predicted molar refractivity (Wildman–Crippen MR) is 86.3 cm³/mol. The van der Waals surface area contributed by atoms with Crippen LogP contribution in [0.15, 0.2) is 28.7 Å². The lowest BCUT2D eigenvalue weighted by atomic mass is 9.89. The van der Waals surface area contributed by atoms with Crippen molar-refractivity contribution in [3.8, 4) is 0 Å². The van der Waals surface area contributed by atoms with Gasteiger partial charge in [0.1, 0.15) is 5.76 Å². The molecule has 1 unspecified atom stereocenters. The number of fused-ring (bicyclic) bond motifs is 1. The standard InChI is InChI=1S/C17H24ClNO/c1-4-7-12(8-5-2)16(19-3)15-11-13-9-6-10-14(18)17(13)20-15/h6,9-12,16,19H,4-5,7-8H2,1-3H3. The Bertz CT molecular complexity index is 543. The highest BCUT2D eigenvalue weighted by molar-refractivity contribution is 6.34. The molecular weight excluding hydrogens is 270 g/mol. The molecule has 2 rings (SSSR count). The van der Waals surface area contributed by atoms with E-state index in [0.717, 1.165) is 16.7 Å². The van der Waals surface area contributed by atoms with E-state index in [-0.39, 0.29) is 6.04 Å². The van der Waals surface area contributed by atoms with Crippen LogP contribution in [-0.4, -0.2) is 7.05 Å². The van der Waals surface area contributed by atoms with Gasteiger partial charge in [-0.2, -0.15) is 0 Å². The van der Waals surface area contributed by atoms with E-state index in [1.54, 1.807) is 0 Å². The summed E-state index contributed by atoms with van der Waals surface area (Å²) in [6.07, 6.45) is 4.82. The lowest BCUT2D eigenvalue weighted by Crippen LogP contribution is -2.24. The maximum absolute atomic E-state index is 6.21. The van der Waals surface area contributed by atoms with Gasteiger partial charge in [-0.25, -0.2) is 0 Å². The van der Waals surface area contributed by atoms with Crippen LogP contribution < -0.4 is 5.32 Å². The summed E-state index contributed by atoms with van der Waals surface area (Å²) in [5.74, 6) is 1.61. The number of furan rings is 1. The topological polar surface area (TPSA) is 25.2 Å². The van der Waals surface area contributed by atoms with E-state index < -0.39 is 0 Å². The van der Waals surface area contributed by atoms with E-state index in [4.69, 9.17) is 16.0 Å². The normalized spacial score (nSPS) is 13.2. The lowest BCUT2D eigenvalue weighted by Gasteiger charge is -2.24. The SMILES string of the molecule is CCCC(CCC)C(NC)c1cc2cccc(Cl)c2o1. The molecule has 0 saturated carbocycles. The molecule has 0 saturated heterocycles. The molecule has 0 aliphatic carbocycles. The largest absolute Gasteiger partial charge is 0.458 e. The maximum atomic E-state index is 6.21. The molecule has 0 amide bonds. The lowest BCUT2D eigenvalue weighted by molar-refractivity contribution is 0.294. The molecular formula is C17H24ClNO. The third-order valence-electron chi connectivity index (χ3n) is 3.92. The molecule has 0 radical (unpaired) electrons. The average molecular weight is 294 g/mol. The van der Waals surface area contributed by atoms with E-state index in [0.29, 0.717) is 10.9 Å². The molecule has 0 bridgehead atoms. The van der Waals surface area contributed by atoms with Crippen LogP contribution in [0.1, 0.15) is 51.3 Å². The molecule has 1 aromatic heterocycles. The van der Waals surface area contributed by atoms with E-state index in [9.17, 15) is 0 Å². The molecule has 1 atom stereocenters. The number of nitrogens with one attached hydrogen (secondary N) is 1. The highest BCUT2D eigenvalue weighted by atomic mass is 35.5. The molecule has 0 spiro atoms. The second-order valence-corrected chi connectivity index (χ2v) is 5.82. The fraction of sp³-hybridized carbons (Fsp3) is 0.529. The van der Waals surface area contributed by atoms with Crippen LogP contribution in [0.2, 0.25) is 5.02 Å². The minimum atomic E-state index is 0.262. The van der Waals surface area contributed by atoms with E-state index in [2.05, 4.69) is 31.3 Å². The van der Waals surface area contributed by atoms with Crippen LogP contribution >= 0.6 is 11.6 Å². The Labute approximate surface area is 126 Å². The minimum Gasteiger partial charge on any atom is -0.458 e. The van der Waals surface area contributed by atoms with Crippen LogP contribution in [0.25, 0.3) is 11.0 Å². The van der Waals surface area contributed by atoms with Crippen molar-refractivity contribution in [3.63, 3.8) is 0 Å². The second-order valence-electron chi connectivity index (χ2n) is 5.41. The fourth-order valence-electron chi connectivity index (χ4n) is 3.03. The Morgan fingerprint density at radius 3 is 2.45 bits per heavy atom. The van der Waals surface area contributed by atoms with Gasteiger partial charge < -0.3 is 9.73 Å². The van der Waals surface area contributed by atoms with Crippen LogP contribution in [0.5, 0.6) is 0 Å². The minimum absolute atomic E-state index is 0.262. The summed E-state index contributed by atoms with van der Waals surface area (Å²) in [6.45, 7) is 4.48. The van der Waals surface area contributed by atoms with Crippen molar-refractivity contribution in [2.24, 2.45) is 5.92 Å². The van der Waals surface area contributed by atoms with Gasteiger partial charge in [0.05, 0.1) is 11.1 Å². The monoisotopic (exact) mass is 293 g/mol. The molecule has 1 aromatic carbocycles. The third kappa shape index (κ3) is 3.18. The zero-order valence-corrected chi connectivity index (χ0v) is 13.3. The molecule has 110 valence electrons. The van der Waals surface area contributed by atoms with Crippen molar-refractivity contribution in [1.82, 2.24) is 5.32 Å². The number of para-hydroxylation sites is 1. The van der Waals surface area contributed by atoms with Gasteiger partial charge in [0.25, 0.3) is 0 Å². The van der Waals surface area contributed by atoms with Crippen LogP contribution in [-0.2, 0) is 0 Å². The molecule has 1 N–H and O–H groups in total. The third-order valence-corrected chi connectivity index (χ3v) is 4.22. The highest BCUT2D eigenvalue weighted by Crippen LogP contribution is 2.35. The zero-order chi connectivity index (χ0) is 14.5. The van der Waals surface area contributed by atoms with Crippen molar-refractivity contribution in [2.75, 3.05) is 7.05 Å². The first-order valence-electron chi connectivity index (χ1n) is 7.56. The van der Waals surface area contributed by atoms with Gasteiger partial charge in [-0.05, 0) is 37.9 Å². The summed E-state index contributed by atoms with van der Waals surface area (Å²) in [6, 6.07) is 8.28. The zero-order valence-electron chi connectivity index (χ0n) is 12.6. The Kier molecular flexibility index (Phi) is 5.50. The molecule has 20 heavy (non-hydrogen) atoms. The number of hydrogen-bond donors (Lipinski definition) is 1. The number of rotatable bonds is 7. The van der Waals surface area contributed by atoms with Gasteiger partial charge in [0.15, 0.2) is 5.58 Å². The molecule has 3 heteroatoms. The van der Waals surface area contributed by atoms with Crippen LogP contribution in [0, 0.1) is 5.92 Å². The van der Waals surface area contributed by atoms with Crippen molar-refractivity contribution in [1.29, 1.82) is 0 Å². The first kappa shape index (κ1) is 15.4. The molecule has 2 nitrogen and oxygen atoms in total. The van der Waals surface area contributed by atoms with Gasteiger partial charge in [-0.3, -0.25) is 0 Å². The maximum Gasteiger partial charge on any atom is 0.152 e. The van der Waals surface area contributed by atoms with Gasteiger partial charge in [-0.15, -0.1) is 0 Å². The van der Waals surface area contributed by atoms with E-state index >= 15 is 0 Å². The van der Waals surface area contributed by atoms with Gasteiger partial charge >= 0.3 is 0 Å². The first-order chi connectivity index (χ1) is 9.71. The predicted octanol–water partition coefficient (Wildman–Crippen LogP) is 5.56. The average Bonchev–Trinajstić information content (AvgIpc) is 2.85. The van der Waals surface area contributed by atoms with Crippen molar-refractivity contribution >= 4 is 22.6 Å². The molecule has 0 fully saturated rings. The van der Waals surface area contributed by atoms with Crippen LogP contribution in [0.4, 0.5) is 0 Å². The van der Waals surface area contributed by atoms with E-state index in [1.165, 1.54) is 25.7 Å². The Morgan fingerprint density at radius 1 is 1.20 bits per heavy atom. The molecule has 0 aliphatic heterocycles. The Morgan fingerprint density at radius 2 is 1.90 bits per heavy atom. The summed E-state index contributed by atoms with van der Waals surface area (Å²) < 4.78 is 6.03. The summed E-state index contributed by atoms with van der Waals surface area (Å²) in [7, 11) is 2.01. The highest BCUT2D eigenvalue weighted by Gasteiger charge is 2.24. The van der Waals surface area contributed by atoms with Crippen molar-refractivity contribution < 1.29 is 4.42 Å². The number of benzene rings is 1. The first-order valence-corrected chi connectivity index (χ1v) is 7.94. The van der Waals surface area contributed by atoms with E-state index in [1.807, 2.05) is 19.2 Å². The fourth-order valence-corrected chi connectivity index (χ4v) is 3.25. The Hall–Kier alpha value is -0.990. The summed E-state index contributed by atoms with van der Waals surface area (Å²) in [4.78, 5) is 0. The number of halogens is 1. The summed E-state index contributed by atoms with van der Waals surface area (Å²) >= 11 is 6.21.